The normalized spacial score (nSPS) is 22.2. The van der Waals surface area contributed by atoms with Gasteiger partial charge < -0.3 is 15.2 Å². The number of carbonyl (C=O) groups is 2. The molecule has 0 saturated carbocycles. The van der Waals surface area contributed by atoms with Crippen LogP contribution in [-0.4, -0.2) is 35.7 Å². The number of hydrogen-bond acceptors (Lipinski definition) is 3. The fourth-order valence-corrected chi connectivity index (χ4v) is 2.11. The Balaban J connectivity index is 1.94. The van der Waals surface area contributed by atoms with Crippen LogP contribution in [0.2, 0.25) is 0 Å². The molecule has 19 heavy (non-hydrogen) atoms. The van der Waals surface area contributed by atoms with E-state index >= 15 is 0 Å². The number of aromatic carboxylic acids is 1. The van der Waals surface area contributed by atoms with Gasteiger partial charge >= 0.3 is 5.97 Å². The zero-order valence-electron chi connectivity index (χ0n) is 10.8. The Morgan fingerprint density at radius 1 is 1.32 bits per heavy atom. The number of nitrogens with one attached hydrogen (secondary N) is 1. The Hall–Kier alpha value is -1.88. The van der Waals surface area contributed by atoms with Crippen molar-refractivity contribution in [2.24, 2.45) is 0 Å². The molecule has 1 fully saturated rings. The summed E-state index contributed by atoms with van der Waals surface area (Å²) in [6, 6.07) is 5.86. The molecule has 0 spiro atoms. The molecule has 5 nitrogen and oxygen atoms in total. The number of ether oxygens (including phenoxy) is 1. The van der Waals surface area contributed by atoms with Crippen molar-refractivity contribution in [3.8, 4) is 0 Å². The van der Waals surface area contributed by atoms with Crippen molar-refractivity contribution in [3.63, 3.8) is 0 Å². The molecule has 1 aliphatic heterocycles. The molecule has 1 heterocycles. The van der Waals surface area contributed by atoms with Gasteiger partial charge in [-0.05, 0) is 44.0 Å². The van der Waals surface area contributed by atoms with Crippen molar-refractivity contribution in [2.45, 2.75) is 25.4 Å². The molecule has 0 bridgehead atoms. The Morgan fingerprint density at radius 2 is 1.95 bits per heavy atom. The van der Waals surface area contributed by atoms with Crippen LogP contribution >= 0.6 is 0 Å². The van der Waals surface area contributed by atoms with Crippen LogP contribution in [0.4, 0.5) is 0 Å². The van der Waals surface area contributed by atoms with E-state index in [1.807, 2.05) is 6.92 Å². The third kappa shape index (κ3) is 3.32. The Bertz CT molecular complexity index is 475. The minimum atomic E-state index is -1.00. The summed E-state index contributed by atoms with van der Waals surface area (Å²) in [5, 5.41) is 11.6. The lowest BCUT2D eigenvalue weighted by atomic mass is 10.0. The molecular formula is C14H17NO4. The first-order valence-electron chi connectivity index (χ1n) is 6.26. The second-order valence-corrected chi connectivity index (χ2v) is 4.97. The highest BCUT2D eigenvalue weighted by atomic mass is 16.5. The van der Waals surface area contributed by atoms with Crippen molar-refractivity contribution >= 4 is 11.9 Å². The molecular weight excluding hydrogens is 246 g/mol. The first kappa shape index (κ1) is 13.5. The van der Waals surface area contributed by atoms with Crippen LogP contribution in [-0.2, 0) is 4.74 Å². The van der Waals surface area contributed by atoms with Crippen LogP contribution < -0.4 is 5.32 Å². The van der Waals surface area contributed by atoms with Crippen molar-refractivity contribution in [2.75, 3.05) is 13.2 Å². The molecule has 1 aliphatic rings. The molecule has 2 N–H and O–H groups in total. The maximum absolute atomic E-state index is 11.9. The zero-order valence-corrected chi connectivity index (χ0v) is 10.8. The lowest BCUT2D eigenvalue weighted by Gasteiger charge is -2.23. The third-order valence-electron chi connectivity index (χ3n) is 3.32. The summed E-state index contributed by atoms with van der Waals surface area (Å²) in [5.74, 6) is -1.22. The van der Waals surface area contributed by atoms with E-state index < -0.39 is 5.97 Å². The van der Waals surface area contributed by atoms with Gasteiger partial charge in [0, 0.05) is 18.7 Å². The molecule has 2 rings (SSSR count). The van der Waals surface area contributed by atoms with Crippen LogP contribution in [0, 0.1) is 0 Å². The lowest BCUT2D eigenvalue weighted by Crippen LogP contribution is -2.40. The summed E-state index contributed by atoms with van der Waals surface area (Å²) in [6.07, 6.45) is 1.95. The van der Waals surface area contributed by atoms with Crippen LogP contribution in [0.25, 0.3) is 0 Å². The maximum atomic E-state index is 11.9. The van der Waals surface area contributed by atoms with Gasteiger partial charge in [0.05, 0.1) is 11.2 Å². The molecule has 1 aromatic rings. The van der Waals surface area contributed by atoms with Crippen LogP contribution in [0.1, 0.15) is 40.5 Å². The Labute approximate surface area is 111 Å². The summed E-state index contributed by atoms with van der Waals surface area (Å²) >= 11 is 0. The molecule has 1 amide bonds. The van der Waals surface area contributed by atoms with Crippen molar-refractivity contribution in [1.82, 2.24) is 5.32 Å². The molecule has 102 valence electrons. The van der Waals surface area contributed by atoms with E-state index in [4.69, 9.17) is 9.84 Å². The summed E-state index contributed by atoms with van der Waals surface area (Å²) in [7, 11) is 0. The minimum absolute atomic E-state index is 0.169. The van der Waals surface area contributed by atoms with Gasteiger partial charge in [-0.1, -0.05) is 0 Å². The molecule has 1 unspecified atom stereocenters. The Morgan fingerprint density at radius 3 is 2.47 bits per heavy atom. The molecule has 0 aromatic heterocycles. The van der Waals surface area contributed by atoms with E-state index in [0.29, 0.717) is 12.1 Å². The fraction of sp³-hybridized carbons (Fsp3) is 0.429. The Kier molecular flexibility index (Phi) is 3.85. The predicted molar refractivity (Wildman–Crippen MR) is 69.3 cm³/mol. The van der Waals surface area contributed by atoms with Crippen LogP contribution in [0.3, 0.4) is 0 Å². The SMILES string of the molecule is CC1(CNC(=O)c2ccc(C(=O)O)cc2)CCCO1. The molecule has 5 heteroatoms. The first-order chi connectivity index (χ1) is 9.00. The van der Waals surface area contributed by atoms with Gasteiger partial charge in [0.15, 0.2) is 0 Å². The quantitative estimate of drug-likeness (QED) is 0.866. The van der Waals surface area contributed by atoms with E-state index in [0.717, 1.165) is 19.4 Å². The number of hydrogen-bond donors (Lipinski definition) is 2. The number of carbonyl (C=O) groups excluding carboxylic acids is 1. The molecule has 0 radical (unpaired) electrons. The van der Waals surface area contributed by atoms with Crippen LogP contribution in [0.15, 0.2) is 24.3 Å². The highest BCUT2D eigenvalue weighted by molar-refractivity contribution is 5.95. The fourth-order valence-electron chi connectivity index (χ4n) is 2.11. The van der Waals surface area contributed by atoms with Gasteiger partial charge in [-0.2, -0.15) is 0 Å². The zero-order chi connectivity index (χ0) is 13.9. The summed E-state index contributed by atoms with van der Waals surface area (Å²) in [4.78, 5) is 22.6. The van der Waals surface area contributed by atoms with Gasteiger partial charge in [-0.3, -0.25) is 4.79 Å². The second-order valence-electron chi connectivity index (χ2n) is 4.97. The highest BCUT2D eigenvalue weighted by Crippen LogP contribution is 2.23. The summed E-state index contributed by atoms with van der Waals surface area (Å²) in [6.45, 7) is 3.18. The number of amides is 1. The summed E-state index contributed by atoms with van der Waals surface area (Å²) in [5.41, 5.74) is 0.339. The largest absolute Gasteiger partial charge is 0.478 e. The number of carboxylic acids is 1. The lowest BCUT2D eigenvalue weighted by molar-refractivity contribution is 0.0206. The predicted octanol–water partition coefficient (Wildman–Crippen LogP) is 1.68. The standard InChI is InChI=1S/C14H17NO4/c1-14(7-2-8-19-14)9-15-12(16)10-3-5-11(6-4-10)13(17)18/h3-6H,2,7-9H2,1H3,(H,15,16)(H,17,18). The van der Waals surface area contributed by atoms with E-state index in [1.54, 1.807) is 0 Å². The number of benzene rings is 1. The van der Waals surface area contributed by atoms with Crippen molar-refractivity contribution in [1.29, 1.82) is 0 Å². The molecule has 0 aliphatic carbocycles. The average molecular weight is 263 g/mol. The van der Waals surface area contributed by atoms with E-state index in [1.165, 1.54) is 24.3 Å². The highest BCUT2D eigenvalue weighted by Gasteiger charge is 2.30. The maximum Gasteiger partial charge on any atom is 0.335 e. The van der Waals surface area contributed by atoms with Gasteiger partial charge in [0.25, 0.3) is 5.91 Å². The minimum Gasteiger partial charge on any atom is -0.478 e. The van der Waals surface area contributed by atoms with Gasteiger partial charge in [0.1, 0.15) is 0 Å². The van der Waals surface area contributed by atoms with E-state index in [-0.39, 0.29) is 17.1 Å². The number of rotatable bonds is 4. The third-order valence-corrected chi connectivity index (χ3v) is 3.32. The second kappa shape index (κ2) is 5.40. The van der Waals surface area contributed by atoms with Crippen molar-refractivity contribution < 1.29 is 19.4 Å². The van der Waals surface area contributed by atoms with E-state index in [2.05, 4.69) is 5.32 Å². The molecule has 1 saturated heterocycles. The van der Waals surface area contributed by atoms with Crippen LogP contribution in [0.5, 0.6) is 0 Å². The van der Waals surface area contributed by atoms with E-state index in [9.17, 15) is 9.59 Å². The van der Waals surface area contributed by atoms with Gasteiger partial charge in [-0.15, -0.1) is 0 Å². The summed E-state index contributed by atoms with van der Waals surface area (Å²) < 4.78 is 5.58. The molecule has 1 atom stereocenters. The van der Waals surface area contributed by atoms with Gasteiger partial charge in [-0.25, -0.2) is 4.79 Å². The smallest absolute Gasteiger partial charge is 0.335 e. The average Bonchev–Trinajstić information content (AvgIpc) is 2.83. The van der Waals surface area contributed by atoms with Crippen molar-refractivity contribution in [3.05, 3.63) is 35.4 Å². The number of carboxylic acid groups (broad SMARTS) is 1. The van der Waals surface area contributed by atoms with Gasteiger partial charge in [0.2, 0.25) is 0 Å². The monoisotopic (exact) mass is 263 g/mol. The first-order valence-corrected chi connectivity index (χ1v) is 6.26. The molecule has 1 aromatic carbocycles. The topological polar surface area (TPSA) is 75.6 Å².